The molecule has 5 rings (SSSR count). The van der Waals surface area contributed by atoms with Gasteiger partial charge in [0.1, 0.15) is 6.10 Å². The van der Waals surface area contributed by atoms with Crippen LogP contribution in [0.4, 0.5) is 0 Å². The van der Waals surface area contributed by atoms with Gasteiger partial charge in [0, 0.05) is 12.5 Å². The van der Waals surface area contributed by atoms with E-state index in [0.29, 0.717) is 12.8 Å². The van der Waals surface area contributed by atoms with Crippen LogP contribution in [-0.2, 0) is 24.7 Å². The van der Waals surface area contributed by atoms with Gasteiger partial charge in [0.25, 0.3) is 8.32 Å². The number of para-hydroxylation sites is 1. The van der Waals surface area contributed by atoms with Gasteiger partial charge in [-0.25, -0.2) is 0 Å². The number of benzene rings is 3. The predicted molar refractivity (Wildman–Crippen MR) is 215 cm³/mol. The number of tetrazole rings is 1. The lowest BCUT2D eigenvalue weighted by atomic mass is 9.98. The van der Waals surface area contributed by atoms with E-state index in [1.165, 1.54) is 10.4 Å². The third-order valence-corrected chi connectivity index (χ3v) is 20.6. The molecule has 0 saturated carbocycles. The number of ether oxygens (including phenoxy) is 2. The Balaban J connectivity index is 1.50. The molecule has 4 aromatic rings. The molecule has 52 heavy (non-hydrogen) atoms. The smallest absolute Gasteiger partial charge is 0.261 e. The Hall–Kier alpha value is -3.00. The fourth-order valence-electron chi connectivity index (χ4n) is 7.36. The van der Waals surface area contributed by atoms with E-state index in [-0.39, 0.29) is 34.5 Å². The van der Waals surface area contributed by atoms with Crippen molar-refractivity contribution in [2.75, 3.05) is 0 Å². The largest absolute Gasteiger partial charge is 0.414 e. The summed E-state index contributed by atoms with van der Waals surface area (Å²) in [6.07, 6.45) is 3.47. The third kappa shape index (κ3) is 9.20. The number of aryl methyl sites for hydroxylation is 1. The first-order valence-corrected chi connectivity index (χ1v) is 23.9. The molecule has 1 aliphatic heterocycles. The van der Waals surface area contributed by atoms with Crippen molar-refractivity contribution in [3.8, 4) is 5.69 Å². The van der Waals surface area contributed by atoms with Crippen molar-refractivity contribution in [1.29, 1.82) is 0 Å². The first kappa shape index (κ1) is 40.2. The molecule has 1 aromatic heterocycles. The molecular formula is C42H62N4O4Si2. The molecule has 3 aromatic carbocycles. The zero-order valence-electron chi connectivity index (χ0n) is 33.4. The highest BCUT2D eigenvalue weighted by Crippen LogP contribution is 2.42. The molecule has 1 fully saturated rings. The summed E-state index contributed by atoms with van der Waals surface area (Å²) in [5, 5.41) is 15.4. The monoisotopic (exact) mass is 742 g/mol. The summed E-state index contributed by atoms with van der Waals surface area (Å²) in [5.41, 5.74) is 0.931. The minimum atomic E-state index is -2.96. The Bertz CT molecular complexity index is 1650. The number of hydrogen-bond donors (Lipinski definition) is 0. The maximum atomic E-state index is 7.89. The Morgan fingerprint density at radius 3 is 1.87 bits per heavy atom. The van der Waals surface area contributed by atoms with E-state index >= 15 is 0 Å². The van der Waals surface area contributed by atoms with Crippen LogP contribution in [0.1, 0.15) is 93.8 Å². The molecule has 0 spiro atoms. The van der Waals surface area contributed by atoms with E-state index in [2.05, 4.69) is 138 Å². The van der Waals surface area contributed by atoms with Gasteiger partial charge < -0.3 is 18.3 Å². The van der Waals surface area contributed by atoms with E-state index in [1.807, 2.05) is 48.9 Å². The number of aromatic nitrogens is 4. The van der Waals surface area contributed by atoms with Gasteiger partial charge in [-0.15, -0.1) is 5.10 Å². The summed E-state index contributed by atoms with van der Waals surface area (Å²) < 4.78 is 30.1. The normalized spacial score (nSPS) is 19.4. The Kier molecular flexibility index (Phi) is 12.5. The van der Waals surface area contributed by atoms with Crippen molar-refractivity contribution >= 4 is 27.0 Å². The lowest BCUT2D eigenvalue weighted by Gasteiger charge is -2.46. The maximum absolute atomic E-state index is 7.89. The highest BCUT2D eigenvalue weighted by molar-refractivity contribution is 6.99. The van der Waals surface area contributed by atoms with Crippen LogP contribution in [-0.4, -0.2) is 67.0 Å². The SMILES string of the molecule is C[C@@H](CCC[C@H]1OC(C)(C)O[C@H]1[C@H](CCc1nnnn1-c1ccccc1)O[Si](c1ccccc1)(c1ccccc1)C(C)(C)C)O[Si](C)(C)C(C)(C)C. The third-order valence-electron chi connectivity index (χ3n) is 10.9. The van der Waals surface area contributed by atoms with Gasteiger partial charge in [-0.05, 0) is 103 Å². The van der Waals surface area contributed by atoms with Crippen molar-refractivity contribution in [3.63, 3.8) is 0 Å². The summed E-state index contributed by atoms with van der Waals surface area (Å²) in [6.45, 7) is 24.8. The summed E-state index contributed by atoms with van der Waals surface area (Å²) in [4.78, 5) is 0. The second-order valence-corrected chi connectivity index (χ2v) is 26.5. The van der Waals surface area contributed by atoms with Gasteiger partial charge in [-0.2, -0.15) is 4.68 Å². The Morgan fingerprint density at radius 2 is 1.33 bits per heavy atom. The lowest BCUT2D eigenvalue weighted by Crippen LogP contribution is -2.68. The topological polar surface area (TPSA) is 80.5 Å². The zero-order valence-corrected chi connectivity index (χ0v) is 35.4. The van der Waals surface area contributed by atoms with Crippen LogP contribution in [0, 0.1) is 0 Å². The van der Waals surface area contributed by atoms with Gasteiger partial charge in [-0.3, -0.25) is 0 Å². The minimum absolute atomic E-state index is 0.150. The van der Waals surface area contributed by atoms with Crippen LogP contribution in [0.25, 0.3) is 5.69 Å². The van der Waals surface area contributed by atoms with Crippen LogP contribution < -0.4 is 10.4 Å². The highest BCUT2D eigenvalue weighted by Gasteiger charge is 2.54. The second-order valence-electron chi connectivity index (χ2n) is 17.5. The summed E-state index contributed by atoms with van der Waals surface area (Å²) >= 11 is 0. The molecule has 0 aliphatic carbocycles. The second kappa shape index (κ2) is 16.2. The van der Waals surface area contributed by atoms with Crippen LogP contribution in [0.3, 0.4) is 0 Å². The molecule has 0 radical (unpaired) electrons. The van der Waals surface area contributed by atoms with Crippen molar-refractivity contribution in [3.05, 3.63) is 96.8 Å². The number of rotatable bonds is 15. The molecule has 4 atom stereocenters. The van der Waals surface area contributed by atoms with Gasteiger partial charge in [0.2, 0.25) is 0 Å². The molecule has 8 nitrogen and oxygen atoms in total. The van der Waals surface area contributed by atoms with E-state index < -0.39 is 22.4 Å². The molecular weight excluding hydrogens is 681 g/mol. The molecule has 2 heterocycles. The predicted octanol–water partition coefficient (Wildman–Crippen LogP) is 8.64. The molecule has 282 valence electrons. The lowest BCUT2D eigenvalue weighted by molar-refractivity contribution is -0.154. The average molecular weight is 743 g/mol. The van der Waals surface area contributed by atoms with Crippen LogP contribution in [0.2, 0.25) is 23.2 Å². The van der Waals surface area contributed by atoms with Crippen molar-refractivity contribution in [1.82, 2.24) is 20.2 Å². The number of nitrogens with zero attached hydrogens (tertiary/aromatic N) is 4. The molecule has 0 bridgehead atoms. The van der Waals surface area contributed by atoms with Gasteiger partial charge in [0.05, 0.1) is 17.9 Å². The van der Waals surface area contributed by atoms with Gasteiger partial charge in [-0.1, -0.05) is 120 Å². The zero-order chi connectivity index (χ0) is 37.8. The molecule has 0 amide bonds. The van der Waals surface area contributed by atoms with Crippen LogP contribution >= 0.6 is 0 Å². The highest BCUT2D eigenvalue weighted by atomic mass is 28.4. The average Bonchev–Trinajstić information content (AvgIpc) is 3.68. The standard InChI is InChI=1S/C42H62N4O4Si2/c1-32(49-51(10,11)40(2,3)4)22-21-29-36-39(48-42(8,9)47-36)37(30-31-38-43-44-45-46(38)33-23-15-12-16-24-33)50-52(41(5,6)7,34-25-17-13-18-26-34)35-27-19-14-20-28-35/h12-20,23-28,32,36-37,39H,21-22,29-31H2,1-11H3/t32-,36+,37-,39+/m0/s1. The van der Waals surface area contributed by atoms with Crippen LogP contribution in [0.5, 0.6) is 0 Å². The fourth-order valence-corrected chi connectivity index (χ4v) is 13.6. The molecule has 1 saturated heterocycles. The minimum Gasteiger partial charge on any atom is -0.414 e. The molecule has 0 N–H and O–H groups in total. The number of hydrogen-bond acceptors (Lipinski definition) is 7. The van der Waals surface area contributed by atoms with Gasteiger partial charge in [0.15, 0.2) is 19.9 Å². The molecule has 0 unspecified atom stereocenters. The van der Waals surface area contributed by atoms with Crippen molar-refractivity contribution < 1.29 is 18.3 Å². The van der Waals surface area contributed by atoms with E-state index in [0.717, 1.165) is 30.8 Å². The van der Waals surface area contributed by atoms with E-state index in [4.69, 9.17) is 18.3 Å². The first-order valence-electron chi connectivity index (χ1n) is 19.1. The van der Waals surface area contributed by atoms with Crippen molar-refractivity contribution in [2.45, 2.75) is 148 Å². The van der Waals surface area contributed by atoms with Crippen molar-refractivity contribution in [2.24, 2.45) is 0 Å². The fraction of sp³-hybridized carbons (Fsp3) is 0.548. The maximum Gasteiger partial charge on any atom is 0.261 e. The van der Waals surface area contributed by atoms with Crippen LogP contribution in [0.15, 0.2) is 91.0 Å². The Morgan fingerprint density at radius 1 is 0.769 bits per heavy atom. The summed E-state index contributed by atoms with van der Waals surface area (Å²) in [6, 6.07) is 31.7. The summed E-state index contributed by atoms with van der Waals surface area (Å²) in [7, 11) is -4.83. The van der Waals surface area contributed by atoms with E-state index in [9.17, 15) is 0 Å². The van der Waals surface area contributed by atoms with Gasteiger partial charge >= 0.3 is 0 Å². The molecule has 1 aliphatic rings. The first-order chi connectivity index (χ1) is 24.4. The summed E-state index contributed by atoms with van der Waals surface area (Å²) in [5.74, 6) is 0.0330. The molecule has 10 heteroatoms. The van der Waals surface area contributed by atoms with E-state index in [1.54, 1.807) is 0 Å². The quantitative estimate of drug-likeness (QED) is 0.113. The Labute approximate surface area is 314 Å².